The molecule has 0 unspecified atom stereocenters. The molecule has 0 bridgehead atoms. The summed E-state index contributed by atoms with van der Waals surface area (Å²) in [7, 11) is 0. The topological polar surface area (TPSA) is 21.7 Å². The van der Waals surface area contributed by atoms with E-state index in [0.29, 0.717) is 0 Å². The zero-order chi connectivity index (χ0) is 51.6. The summed E-state index contributed by atoms with van der Waals surface area (Å²) in [5, 5.41) is 0. The predicted octanol–water partition coefficient (Wildman–Crippen LogP) is 18.9. The summed E-state index contributed by atoms with van der Waals surface area (Å²) in [6.07, 6.45) is 0. The highest BCUT2D eigenvalue weighted by atomic mass is 32.2. The van der Waals surface area contributed by atoms with Crippen molar-refractivity contribution in [3.05, 3.63) is 340 Å². The Morgan fingerprint density at radius 1 is 0.228 bits per heavy atom. The van der Waals surface area contributed by atoms with Crippen molar-refractivity contribution in [2.24, 2.45) is 0 Å². The molecule has 18 rings (SSSR count). The number of anilines is 3. The van der Waals surface area contributed by atoms with Crippen LogP contribution in [0.3, 0.4) is 0 Å². The third-order valence-corrected chi connectivity index (χ3v) is 19.4. The van der Waals surface area contributed by atoms with Gasteiger partial charge in [-0.1, -0.05) is 212 Å². The maximum atomic E-state index is 6.84. The summed E-state index contributed by atoms with van der Waals surface area (Å²) in [5.74, 6) is 3.50. The van der Waals surface area contributed by atoms with E-state index < -0.39 is 16.2 Å². The summed E-state index contributed by atoms with van der Waals surface area (Å²) in [6.45, 7) is 0. The standard InChI is InChI=1S/C75H45NO2S/c1-4-22-55-49(19-1)52-40-37-46(43-64(52)73(55)58-25-7-13-31-67(58)77-68-32-14-8-26-59(68)73)76(47-38-41-53-50-20-2-5-23-56(50)74(65(53)44-47)60-27-9-15-33-69(60)78-70-34-16-10-28-61(70)74)48-39-42-54-51-21-3-6-24-57(51)75(66(54)45-48)62-29-11-17-35-71(62)79-72-36-18-12-30-63(72)75/h1-45H. The molecule has 79 heavy (non-hydrogen) atoms. The van der Waals surface area contributed by atoms with Gasteiger partial charge in [0, 0.05) is 49.1 Å². The van der Waals surface area contributed by atoms with Gasteiger partial charge in [-0.25, -0.2) is 0 Å². The van der Waals surface area contributed by atoms with Gasteiger partial charge in [0.2, 0.25) is 0 Å². The number of nitrogens with zero attached hydrogens (tertiary/aromatic N) is 1. The number of benzene rings is 12. The number of fused-ring (bicyclic) bond motifs is 27. The molecule has 0 saturated carbocycles. The Kier molecular flexibility index (Phi) is 8.67. The molecule has 368 valence electrons. The first-order valence-electron chi connectivity index (χ1n) is 27.3. The molecule has 3 aliphatic heterocycles. The molecule has 6 aliphatic rings. The van der Waals surface area contributed by atoms with E-state index in [-0.39, 0.29) is 0 Å². The van der Waals surface area contributed by atoms with Crippen LogP contribution in [0.2, 0.25) is 0 Å². The Bertz CT molecular complexity index is 4040. The first kappa shape index (κ1) is 43.5. The smallest absolute Gasteiger partial charge is 0.132 e. The van der Waals surface area contributed by atoms with E-state index in [4.69, 9.17) is 9.47 Å². The average molecular weight is 1020 g/mol. The van der Waals surface area contributed by atoms with Crippen molar-refractivity contribution in [2.45, 2.75) is 26.0 Å². The summed E-state index contributed by atoms with van der Waals surface area (Å²) < 4.78 is 13.7. The van der Waals surface area contributed by atoms with Crippen molar-refractivity contribution in [3.8, 4) is 56.4 Å². The van der Waals surface area contributed by atoms with Gasteiger partial charge in [-0.15, -0.1) is 0 Å². The second kappa shape index (κ2) is 15.8. The van der Waals surface area contributed by atoms with Crippen LogP contribution < -0.4 is 14.4 Å². The third kappa shape index (κ3) is 5.39. The van der Waals surface area contributed by atoms with Crippen molar-refractivity contribution in [3.63, 3.8) is 0 Å². The molecule has 3 nitrogen and oxygen atoms in total. The monoisotopic (exact) mass is 1020 g/mol. The van der Waals surface area contributed by atoms with Crippen LogP contribution in [-0.2, 0) is 16.2 Å². The molecular weight excluding hydrogens is 979 g/mol. The van der Waals surface area contributed by atoms with E-state index in [0.717, 1.165) is 62.3 Å². The van der Waals surface area contributed by atoms with Gasteiger partial charge in [-0.05, 0) is 151 Å². The summed E-state index contributed by atoms with van der Waals surface area (Å²) in [6, 6.07) is 102. The van der Waals surface area contributed by atoms with E-state index in [1.807, 2.05) is 11.8 Å². The average Bonchev–Trinajstić information content (AvgIpc) is 3.86. The van der Waals surface area contributed by atoms with Crippen molar-refractivity contribution in [1.29, 1.82) is 0 Å². The number of hydrogen-bond acceptors (Lipinski definition) is 4. The predicted molar refractivity (Wildman–Crippen MR) is 317 cm³/mol. The van der Waals surface area contributed by atoms with E-state index in [2.05, 4.69) is 278 Å². The van der Waals surface area contributed by atoms with E-state index >= 15 is 0 Å². The molecule has 0 fully saturated rings. The number of ether oxygens (including phenoxy) is 2. The third-order valence-electron chi connectivity index (χ3n) is 18.3. The van der Waals surface area contributed by atoms with Crippen LogP contribution in [0.1, 0.15) is 66.8 Å². The molecular formula is C75H45NO2S. The van der Waals surface area contributed by atoms with Gasteiger partial charge in [0.1, 0.15) is 23.0 Å². The maximum absolute atomic E-state index is 6.84. The van der Waals surface area contributed by atoms with Crippen LogP contribution in [-0.4, -0.2) is 0 Å². The van der Waals surface area contributed by atoms with Gasteiger partial charge in [0.15, 0.2) is 0 Å². The maximum Gasteiger partial charge on any atom is 0.132 e. The second-order valence-electron chi connectivity index (χ2n) is 21.7. The first-order valence-corrected chi connectivity index (χ1v) is 28.1. The van der Waals surface area contributed by atoms with Crippen LogP contribution >= 0.6 is 11.8 Å². The molecule has 12 aromatic rings. The molecule has 4 heteroatoms. The molecule has 0 saturated heterocycles. The Morgan fingerprint density at radius 3 is 0.823 bits per heavy atom. The lowest BCUT2D eigenvalue weighted by Gasteiger charge is -2.41. The van der Waals surface area contributed by atoms with Gasteiger partial charge >= 0.3 is 0 Å². The van der Waals surface area contributed by atoms with Crippen LogP contribution in [0.4, 0.5) is 17.1 Å². The van der Waals surface area contributed by atoms with Crippen molar-refractivity contribution >= 4 is 28.8 Å². The van der Waals surface area contributed by atoms with Crippen molar-refractivity contribution < 1.29 is 9.47 Å². The number of para-hydroxylation sites is 4. The molecule has 12 aromatic carbocycles. The largest absolute Gasteiger partial charge is 0.457 e. The quantitative estimate of drug-likeness (QED) is 0.176. The minimum atomic E-state index is -0.658. The Morgan fingerprint density at radius 2 is 0.481 bits per heavy atom. The fourth-order valence-corrected chi connectivity index (χ4v) is 16.6. The number of rotatable bonds is 3. The van der Waals surface area contributed by atoms with Crippen LogP contribution in [0, 0.1) is 0 Å². The van der Waals surface area contributed by atoms with Crippen molar-refractivity contribution in [2.75, 3.05) is 4.90 Å². The van der Waals surface area contributed by atoms with Crippen LogP contribution in [0.5, 0.6) is 23.0 Å². The zero-order valence-corrected chi connectivity index (χ0v) is 43.5. The van der Waals surface area contributed by atoms with Crippen LogP contribution in [0.25, 0.3) is 33.4 Å². The van der Waals surface area contributed by atoms with Crippen molar-refractivity contribution in [1.82, 2.24) is 0 Å². The minimum absolute atomic E-state index is 0.565. The van der Waals surface area contributed by atoms with E-state index in [9.17, 15) is 0 Å². The fraction of sp³-hybridized carbons (Fsp3) is 0.0400. The lowest BCUT2D eigenvalue weighted by atomic mass is 9.66. The number of hydrogen-bond donors (Lipinski definition) is 0. The van der Waals surface area contributed by atoms with E-state index in [1.54, 1.807) is 0 Å². The zero-order valence-electron chi connectivity index (χ0n) is 42.7. The highest BCUT2D eigenvalue weighted by Gasteiger charge is 2.54. The van der Waals surface area contributed by atoms with Gasteiger partial charge in [0.25, 0.3) is 0 Å². The Hall–Kier alpha value is -9.61. The summed E-state index contributed by atoms with van der Waals surface area (Å²) in [5.41, 5.74) is 23.6. The first-order chi connectivity index (χ1) is 39.2. The molecule has 0 aromatic heterocycles. The fourth-order valence-electron chi connectivity index (χ4n) is 15.4. The van der Waals surface area contributed by atoms with Gasteiger partial charge in [-0.2, -0.15) is 0 Å². The normalized spacial score (nSPS) is 15.3. The van der Waals surface area contributed by atoms with Gasteiger partial charge < -0.3 is 14.4 Å². The highest BCUT2D eigenvalue weighted by molar-refractivity contribution is 7.99. The molecule has 3 aliphatic carbocycles. The molecule has 0 atom stereocenters. The lowest BCUT2D eigenvalue weighted by molar-refractivity contribution is 0.436. The SMILES string of the molecule is c1ccc2c(c1)Oc1ccccc1C21c2ccccc2-c2ccc(N(c3ccc4c(c3)C3(c5ccccc5Oc5ccccc53)c3ccccc3-4)c3ccc4c(c3)C3(c5ccccc5Sc5ccccc53)c3ccccc3-4)cc21. The van der Waals surface area contributed by atoms with E-state index in [1.165, 1.54) is 87.7 Å². The molecule has 0 radical (unpaired) electrons. The Balaban J connectivity index is 0.946. The molecule has 0 amide bonds. The minimum Gasteiger partial charge on any atom is -0.457 e. The highest BCUT2D eigenvalue weighted by Crippen LogP contribution is 2.67. The Labute approximate surface area is 462 Å². The lowest BCUT2D eigenvalue weighted by Crippen LogP contribution is -2.32. The molecule has 0 N–H and O–H groups in total. The molecule has 3 spiro atoms. The molecule has 3 heterocycles. The van der Waals surface area contributed by atoms with Crippen LogP contribution in [0.15, 0.2) is 283 Å². The summed E-state index contributed by atoms with van der Waals surface area (Å²) in [4.78, 5) is 5.12. The second-order valence-corrected chi connectivity index (χ2v) is 22.8. The summed E-state index contributed by atoms with van der Waals surface area (Å²) >= 11 is 1.88. The van der Waals surface area contributed by atoms with Gasteiger partial charge in [-0.3, -0.25) is 0 Å². The van der Waals surface area contributed by atoms with Gasteiger partial charge in [0.05, 0.1) is 16.2 Å².